The fourth-order valence-corrected chi connectivity index (χ4v) is 8.20. The fraction of sp³-hybridized carbons (Fsp3) is 0.927. The van der Waals surface area contributed by atoms with Gasteiger partial charge in [0.15, 0.2) is 6.10 Å². The predicted octanol–water partition coefficient (Wildman–Crippen LogP) is 18.2. The number of esters is 2. The third-order valence-electron chi connectivity index (χ3n) is 12.3. The van der Waals surface area contributed by atoms with Gasteiger partial charge in [-0.05, 0) is 38.5 Å². The van der Waals surface area contributed by atoms with Crippen LogP contribution in [0.25, 0.3) is 0 Å². The average Bonchev–Trinajstić information content (AvgIpc) is 3.25. The second-order valence-electron chi connectivity index (χ2n) is 18.5. The zero-order valence-corrected chi connectivity index (χ0v) is 41.0. The minimum atomic E-state index is -0.530. The number of rotatable bonds is 51. The molecule has 0 radical (unpaired) electrons. The van der Waals surface area contributed by atoms with Crippen LogP contribution in [0.4, 0.5) is 0 Å². The number of carbonyl (C=O) groups excluding carboxylic acids is 2. The van der Waals surface area contributed by atoms with Crippen LogP contribution in [0.5, 0.6) is 0 Å². The van der Waals surface area contributed by atoms with Crippen molar-refractivity contribution in [2.24, 2.45) is 0 Å². The van der Waals surface area contributed by atoms with Gasteiger partial charge in [-0.1, -0.05) is 264 Å². The van der Waals surface area contributed by atoms with Gasteiger partial charge < -0.3 is 14.2 Å². The number of hydrogen-bond acceptors (Lipinski definition) is 5. The Morgan fingerprint density at radius 1 is 0.350 bits per heavy atom. The highest BCUT2D eigenvalue weighted by Gasteiger charge is 2.17. The highest BCUT2D eigenvalue weighted by molar-refractivity contribution is 5.70. The van der Waals surface area contributed by atoms with Gasteiger partial charge in [0.05, 0.1) is 6.61 Å². The first-order chi connectivity index (χ1) is 29.6. The maximum absolute atomic E-state index is 12.8. The highest BCUT2D eigenvalue weighted by Crippen LogP contribution is 2.17. The number of ether oxygens (including phenoxy) is 3. The first-order valence-corrected chi connectivity index (χ1v) is 27.2. The van der Waals surface area contributed by atoms with Crippen molar-refractivity contribution in [2.45, 2.75) is 309 Å². The predicted molar refractivity (Wildman–Crippen MR) is 261 cm³/mol. The maximum Gasteiger partial charge on any atom is 0.306 e. The zero-order chi connectivity index (χ0) is 43.5. The molecule has 1 unspecified atom stereocenters. The van der Waals surface area contributed by atoms with E-state index in [0.717, 1.165) is 44.9 Å². The van der Waals surface area contributed by atoms with Crippen LogP contribution >= 0.6 is 0 Å². The van der Waals surface area contributed by atoms with Gasteiger partial charge in [0, 0.05) is 19.4 Å². The topological polar surface area (TPSA) is 61.8 Å². The first kappa shape index (κ1) is 58.6. The lowest BCUT2D eigenvalue weighted by molar-refractivity contribution is -0.163. The second-order valence-corrected chi connectivity index (χ2v) is 18.5. The van der Waals surface area contributed by atoms with Crippen LogP contribution in [0.3, 0.4) is 0 Å². The molecule has 5 heteroatoms. The largest absolute Gasteiger partial charge is 0.462 e. The van der Waals surface area contributed by atoms with Crippen LogP contribution in [0, 0.1) is 0 Å². The van der Waals surface area contributed by atoms with E-state index >= 15 is 0 Å². The summed E-state index contributed by atoms with van der Waals surface area (Å²) in [4.78, 5) is 25.4. The highest BCUT2D eigenvalue weighted by atomic mass is 16.6. The van der Waals surface area contributed by atoms with Gasteiger partial charge in [-0.15, -0.1) is 0 Å². The summed E-state index contributed by atoms with van der Waals surface area (Å²) in [6.45, 7) is 7.86. The normalized spacial score (nSPS) is 12.1. The molecule has 0 aromatic carbocycles. The molecule has 5 nitrogen and oxygen atoms in total. The van der Waals surface area contributed by atoms with E-state index in [-0.39, 0.29) is 18.5 Å². The van der Waals surface area contributed by atoms with Gasteiger partial charge in [-0.2, -0.15) is 0 Å². The van der Waals surface area contributed by atoms with Crippen molar-refractivity contribution in [1.82, 2.24) is 0 Å². The van der Waals surface area contributed by atoms with Crippen LogP contribution in [0.15, 0.2) is 12.2 Å². The number of hydrogen-bond donors (Lipinski definition) is 0. The molecular formula is C55H106O5. The van der Waals surface area contributed by atoms with Crippen molar-refractivity contribution < 1.29 is 23.8 Å². The summed E-state index contributed by atoms with van der Waals surface area (Å²) in [6.07, 6.45) is 59.4. The third-order valence-corrected chi connectivity index (χ3v) is 12.3. The standard InChI is InChI=1S/C55H106O5/c1-4-7-10-13-16-19-22-24-26-27-28-29-30-31-34-36-39-42-45-48-54(56)59-52-53(60-55(57)49-46-43-40-37-33-21-18-15-12-9-6-3)51-58-50-47-44-41-38-35-32-25-23-20-17-14-11-8-5-2/h15,18,53H,4-14,16-17,19-52H2,1-3H3/b18-15-. The molecule has 0 fully saturated rings. The Kier molecular flexibility index (Phi) is 50.8. The fourth-order valence-electron chi connectivity index (χ4n) is 8.20. The van der Waals surface area contributed by atoms with Crippen molar-refractivity contribution in [3.63, 3.8) is 0 Å². The number of unbranched alkanes of at least 4 members (excludes halogenated alkanes) is 38. The van der Waals surface area contributed by atoms with E-state index in [1.165, 1.54) is 225 Å². The van der Waals surface area contributed by atoms with Gasteiger partial charge in [-0.25, -0.2) is 0 Å². The lowest BCUT2D eigenvalue weighted by Gasteiger charge is -2.18. The van der Waals surface area contributed by atoms with Crippen molar-refractivity contribution in [3.05, 3.63) is 12.2 Å². The summed E-state index contributed by atoms with van der Waals surface area (Å²) in [6, 6.07) is 0. The lowest BCUT2D eigenvalue weighted by atomic mass is 10.0. The molecule has 0 aliphatic rings. The molecule has 60 heavy (non-hydrogen) atoms. The molecule has 0 aromatic rings. The zero-order valence-electron chi connectivity index (χ0n) is 41.0. The van der Waals surface area contributed by atoms with Gasteiger partial charge >= 0.3 is 11.9 Å². The molecular weight excluding hydrogens is 741 g/mol. The van der Waals surface area contributed by atoms with Gasteiger partial charge in [0.25, 0.3) is 0 Å². The summed E-state index contributed by atoms with van der Waals surface area (Å²) in [7, 11) is 0. The molecule has 356 valence electrons. The quantitative estimate of drug-likeness (QED) is 0.0347. The minimum absolute atomic E-state index is 0.0915. The molecule has 0 saturated carbocycles. The van der Waals surface area contributed by atoms with Crippen LogP contribution < -0.4 is 0 Å². The Bertz CT molecular complexity index is 871. The Labute approximate surface area is 375 Å². The first-order valence-electron chi connectivity index (χ1n) is 27.2. The Morgan fingerprint density at radius 2 is 0.667 bits per heavy atom. The number of allylic oxidation sites excluding steroid dienone is 2. The molecule has 0 aromatic heterocycles. The van der Waals surface area contributed by atoms with E-state index in [2.05, 4.69) is 32.9 Å². The summed E-state index contributed by atoms with van der Waals surface area (Å²) < 4.78 is 17.4. The second kappa shape index (κ2) is 52.0. The summed E-state index contributed by atoms with van der Waals surface area (Å²) >= 11 is 0. The van der Waals surface area contributed by atoms with Crippen molar-refractivity contribution in [1.29, 1.82) is 0 Å². The average molecular weight is 847 g/mol. The van der Waals surface area contributed by atoms with Crippen LogP contribution in [0.2, 0.25) is 0 Å². The Hall–Kier alpha value is -1.36. The van der Waals surface area contributed by atoms with E-state index in [9.17, 15) is 9.59 Å². The molecule has 0 bridgehead atoms. The SMILES string of the molecule is CCCC/C=C\CCCCCCCC(=O)OC(COCCCCCCCCCCCCCCCC)COC(=O)CCCCCCCCCCCCCCCCCCCCC. The Balaban J connectivity index is 4.13. The smallest absolute Gasteiger partial charge is 0.306 e. The number of carbonyl (C=O) groups is 2. The molecule has 0 saturated heterocycles. The van der Waals surface area contributed by atoms with E-state index in [0.29, 0.717) is 26.1 Å². The summed E-state index contributed by atoms with van der Waals surface area (Å²) in [5.41, 5.74) is 0. The van der Waals surface area contributed by atoms with Crippen molar-refractivity contribution in [2.75, 3.05) is 19.8 Å². The monoisotopic (exact) mass is 847 g/mol. The molecule has 0 heterocycles. The van der Waals surface area contributed by atoms with Gasteiger partial charge in [0.2, 0.25) is 0 Å². The Morgan fingerprint density at radius 3 is 1.07 bits per heavy atom. The minimum Gasteiger partial charge on any atom is -0.462 e. The molecule has 0 rings (SSSR count). The lowest BCUT2D eigenvalue weighted by Crippen LogP contribution is -2.30. The summed E-state index contributed by atoms with van der Waals surface area (Å²) in [5.74, 6) is -0.385. The molecule has 0 amide bonds. The molecule has 0 spiro atoms. The van der Waals surface area contributed by atoms with Gasteiger partial charge in [-0.3, -0.25) is 9.59 Å². The van der Waals surface area contributed by atoms with Crippen LogP contribution in [0.1, 0.15) is 303 Å². The molecule has 1 atom stereocenters. The van der Waals surface area contributed by atoms with Crippen LogP contribution in [-0.2, 0) is 23.8 Å². The van der Waals surface area contributed by atoms with E-state index in [1.807, 2.05) is 0 Å². The third kappa shape index (κ3) is 49.3. The summed E-state index contributed by atoms with van der Waals surface area (Å²) in [5, 5.41) is 0. The van der Waals surface area contributed by atoms with E-state index in [1.54, 1.807) is 0 Å². The van der Waals surface area contributed by atoms with Gasteiger partial charge in [0.1, 0.15) is 6.61 Å². The van der Waals surface area contributed by atoms with E-state index in [4.69, 9.17) is 14.2 Å². The van der Waals surface area contributed by atoms with Crippen molar-refractivity contribution in [3.8, 4) is 0 Å². The molecule has 0 aliphatic heterocycles. The molecule has 0 aliphatic carbocycles. The van der Waals surface area contributed by atoms with Crippen molar-refractivity contribution >= 4 is 11.9 Å². The molecule has 0 N–H and O–H groups in total. The van der Waals surface area contributed by atoms with Crippen LogP contribution in [-0.4, -0.2) is 37.9 Å². The maximum atomic E-state index is 12.8. The van der Waals surface area contributed by atoms with E-state index < -0.39 is 6.10 Å².